The predicted octanol–water partition coefficient (Wildman–Crippen LogP) is 1.93. The highest BCUT2D eigenvalue weighted by Crippen LogP contribution is 2.17. The van der Waals surface area contributed by atoms with Crippen LogP contribution in [0.3, 0.4) is 0 Å². The number of hydrogen-bond donors (Lipinski definition) is 0. The van der Waals surface area contributed by atoms with Gasteiger partial charge in [-0.1, -0.05) is 5.21 Å². The lowest BCUT2D eigenvalue weighted by molar-refractivity contribution is 0.111. The summed E-state index contributed by atoms with van der Waals surface area (Å²) < 4.78 is 1.53. The van der Waals surface area contributed by atoms with Crippen LogP contribution in [0.2, 0.25) is 0 Å². The van der Waals surface area contributed by atoms with Crippen LogP contribution in [0.15, 0.2) is 30.5 Å². The van der Waals surface area contributed by atoms with Crippen molar-refractivity contribution in [1.29, 1.82) is 0 Å². The highest BCUT2D eigenvalue weighted by molar-refractivity contribution is 5.72. The highest BCUT2D eigenvalue weighted by atomic mass is 16.1. The fourth-order valence-electron chi connectivity index (χ4n) is 1.92. The van der Waals surface area contributed by atoms with Gasteiger partial charge in [0.1, 0.15) is 5.69 Å². The van der Waals surface area contributed by atoms with Crippen molar-refractivity contribution >= 4 is 12.0 Å². The lowest BCUT2D eigenvalue weighted by atomic mass is 10.2. The molecule has 2 rings (SSSR count). The molecule has 5 heteroatoms. The molecule has 1 heterocycles. The number of benzene rings is 1. The summed E-state index contributed by atoms with van der Waals surface area (Å²) in [5.41, 5.74) is 2.45. The van der Waals surface area contributed by atoms with E-state index in [9.17, 15) is 4.79 Å². The molecule has 2 aromatic rings. The molecule has 94 valence electrons. The second kappa shape index (κ2) is 5.44. The zero-order valence-corrected chi connectivity index (χ0v) is 10.6. The third-order valence-corrected chi connectivity index (χ3v) is 2.92. The van der Waals surface area contributed by atoms with Gasteiger partial charge in [0, 0.05) is 18.8 Å². The Morgan fingerprint density at radius 2 is 1.89 bits per heavy atom. The van der Waals surface area contributed by atoms with Crippen molar-refractivity contribution in [3.63, 3.8) is 0 Å². The molecule has 0 fully saturated rings. The van der Waals surface area contributed by atoms with Crippen LogP contribution in [-0.4, -0.2) is 34.4 Å². The van der Waals surface area contributed by atoms with E-state index < -0.39 is 0 Å². The second-order valence-corrected chi connectivity index (χ2v) is 3.88. The topological polar surface area (TPSA) is 51.0 Å². The van der Waals surface area contributed by atoms with Gasteiger partial charge in [0.2, 0.25) is 0 Å². The summed E-state index contributed by atoms with van der Waals surface area (Å²) in [5.74, 6) is 0. The number of carbonyl (C=O) groups excluding carboxylic acids is 1. The number of hydrogen-bond acceptors (Lipinski definition) is 4. The van der Waals surface area contributed by atoms with E-state index in [4.69, 9.17) is 0 Å². The Balaban J connectivity index is 2.30. The van der Waals surface area contributed by atoms with Gasteiger partial charge < -0.3 is 4.90 Å². The smallest absolute Gasteiger partial charge is 0.170 e. The Labute approximate surface area is 106 Å². The van der Waals surface area contributed by atoms with Crippen molar-refractivity contribution in [2.75, 3.05) is 18.0 Å². The molecular weight excluding hydrogens is 228 g/mol. The quantitative estimate of drug-likeness (QED) is 0.754. The summed E-state index contributed by atoms with van der Waals surface area (Å²) in [6.07, 6.45) is 2.20. The van der Waals surface area contributed by atoms with Crippen LogP contribution in [0, 0.1) is 0 Å². The van der Waals surface area contributed by atoms with E-state index in [0.29, 0.717) is 5.69 Å². The molecule has 0 aliphatic heterocycles. The molecule has 0 saturated carbocycles. The van der Waals surface area contributed by atoms with Crippen molar-refractivity contribution in [2.45, 2.75) is 13.8 Å². The Morgan fingerprint density at radius 1 is 1.22 bits per heavy atom. The molecule has 0 saturated heterocycles. The minimum Gasteiger partial charge on any atom is -0.372 e. The zero-order chi connectivity index (χ0) is 13.0. The molecule has 0 unspecified atom stereocenters. The fraction of sp³-hybridized carbons (Fsp3) is 0.308. The molecule has 1 aromatic carbocycles. The number of aldehydes is 1. The van der Waals surface area contributed by atoms with E-state index in [2.05, 4.69) is 29.1 Å². The summed E-state index contributed by atoms with van der Waals surface area (Å²) in [7, 11) is 0. The van der Waals surface area contributed by atoms with Gasteiger partial charge in [-0.05, 0) is 38.1 Å². The largest absolute Gasteiger partial charge is 0.372 e. The average Bonchev–Trinajstić information content (AvgIpc) is 2.89. The third-order valence-electron chi connectivity index (χ3n) is 2.92. The van der Waals surface area contributed by atoms with Gasteiger partial charge >= 0.3 is 0 Å². The monoisotopic (exact) mass is 244 g/mol. The molecular formula is C13H16N4O. The molecule has 0 aliphatic carbocycles. The average molecular weight is 244 g/mol. The standard InChI is InChI=1S/C13H16N4O/c1-3-16(4-2)11-5-7-12(8-6-11)17-13(10-18)9-14-15-17/h5-10H,3-4H2,1-2H3. The van der Waals surface area contributed by atoms with E-state index in [1.54, 1.807) is 0 Å². The first-order valence-electron chi connectivity index (χ1n) is 6.01. The molecule has 0 radical (unpaired) electrons. The molecule has 0 aliphatic rings. The number of rotatable bonds is 5. The normalized spacial score (nSPS) is 10.3. The Hall–Kier alpha value is -2.17. The maximum absolute atomic E-state index is 10.8. The Bertz CT molecular complexity index is 514. The van der Waals surface area contributed by atoms with Crippen LogP contribution in [0.5, 0.6) is 0 Å². The molecule has 0 bridgehead atoms. The second-order valence-electron chi connectivity index (χ2n) is 3.88. The van der Waals surface area contributed by atoms with Crippen LogP contribution in [0.25, 0.3) is 5.69 Å². The van der Waals surface area contributed by atoms with Crippen LogP contribution in [0.1, 0.15) is 24.3 Å². The summed E-state index contributed by atoms with van der Waals surface area (Å²) in [4.78, 5) is 13.1. The van der Waals surface area contributed by atoms with Crippen molar-refractivity contribution in [1.82, 2.24) is 15.0 Å². The minimum atomic E-state index is 0.450. The lowest BCUT2D eigenvalue weighted by Crippen LogP contribution is -2.21. The van der Waals surface area contributed by atoms with Crippen molar-refractivity contribution in [2.24, 2.45) is 0 Å². The molecule has 0 N–H and O–H groups in total. The van der Waals surface area contributed by atoms with Gasteiger partial charge in [0.05, 0.1) is 11.9 Å². The Morgan fingerprint density at radius 3 is 2.44 bits per heavy atom. The van der Waals surface area contributed by atoms with E-state index in [0.717, 1.165) is 30.8 Å². The van der Waals surface area contributed by atoms with Gasteiger partial charge in [-0.2, -0.15) is 0 Å². The molecule has 0 atom stereocenters. The zero-order valence-electron chi connectivity index (χ0n) is 10.6. The number of anilines is 1. The number of aromatic nitrogens is 3. The van der Waals surface area contributed by atoms with Crippen molar-refractivity contribution < 1.29 is 4.79 Å². The maximum Gasteiger partial charge on any atom is 0.170 e. The van der Waals surface area contributed by atoms with E-state index in [-0.39, 0.29) is 0 Å². The Kier molecular flexibility index (Phi) is 3.72. The van der Waals surface area contributed by atoms with Gasteiger partial charge in [-0.25, -0.2) is 4.68 Å². The predicted molar refractivity (Wildman–Crippen MR) is 70.3 cm³/mol. The van der Waals surface area contributed by atoms with Gasteiger partial charge in [-0.15, -0.1) is 5.10 Å². The van der Waals surface area contributed by atoms with Gasteiger partial charge in [0.25, 0.3) is 0 Å². The molecule has 0 spiro atoms. The first-order valence-corrected chi connectivity index (χ1v) is 6.01. The first-order chi connectivity index (χ1) is 8.80. The third kappa shape index (κ3) is 2.25. The number of carbonyl (C=O) groups is 1. The van der Waals surface area contributed by atoms with E-state index in [1.165, 1.54) is 10.9 Å². The molecule has 5 nitrogen and oxygen atoms in total. The summed E-state index contributed by atoms with van der Waals surface area (Å²) in [6, 6.07) is 7.93. The van der Waals surface area contributed by atoms with E-state index in [1.807, 2.05) is 24.3 Å². The van der Waals surface area contributed by atoms with Gasteiger partial charge in [0.15, 0.2) is 6.29 Å². The minimum absolute atomic E-state index is 0.450. The summed E-state index contributed by atoms with van der Waals surface area (Å²) in [6.45, 7) is 6.19. The van der Waals surface area contributed by atoms with Crippen molar-refractivity contribution in [3.05, 3.63) is 36.2 Å². The first kappa shape index (κ1) is 12.3. The van der Waals surface area contributed by atoms with Gasteiger partial charge in [-0.3, -0.25) is 4.79 Å². The number of nitrogens with zero attached hydrogens (tertiary/aromatic N) is 4. The van der Waals surface area contributed by atoms with Crippen LogP contribution < -0.4 is 4.90 Å². The van der Waals surface area contributed by atoms with Crippen LogP contribution in [-0.2, 0) is 0 Å². The van der Waals surface area contributed by atoms with E-state index >= 15 is 0 Å². The molecule has 18 heavy (non-hydrogen) atoms. The van der Waals surface area contributed by atoms with Crippen LogP contribution in [0.4, 0.5) is 5.69 Å². The highest BCUT2D eigenvalue weighted by Gasteiger charge is 2.06. The van der Waals surface area contributed by atoms with Crippen LogP contribution >= 0.6 is 0 Å². The summed E-state index contributed by atoms with van der Waals surface area (Å²) >= 11 is 0. The fourth-order valence-corrected chi connectivity index (χ4v) is 1.92. The molecule has 1 aromatic heterocycles. The molecule has 0 amide bonds. The van der Waals surface area contributed by atoms with Crippen molar-refractivity contribution in [3.8, 4) is 5.69 Å². The lowest BCUT2D eigenvalue weighted by Gasteiger charge is -2.21. The summed E-state index contributed by atoms with van der Waals surface area (Å²) in [5, 5.41) is 7.62. The maximum atomic E-state index is 10.8. The SMILES string of the molecule is CCN(CC)c1ccc(-n2nncc2C=O)cc1.